The number of carbonyl (C=O) groups excluding carboxylic acids is 1. The van der Waals surface area contributed by atoms with Crippen molar-refractivity contribution in [2.75, 3.05) is 13.2 Å². The molecule has 1 aliphatic rings. The van der Waals surface area contributed by atoms with Gasteiger partial charge in [-0.1, -0.05) is 30.3 Å². The fraction of sp³-hybridized carbons (Fsp3) is 0.556. The maximum Gasteiger partial charge on any atom is 0.333 e. The van der Waals surface area contributed by atoms with E-state index in [1.54, 1.807) is 13.8 Å². The molecule has 0 saturated heterocycles. The normalized spacial score (nSPS) is 21.0. The number of hydrogen-bond acceptors (Lipinski definition) is 5. The predicted molar refractivity (Wildman–Crippen MR) is 95.1 cm³/mol. The zero-order chi connectivity index (χ0) is 18.3. The van der Waals surface area contributed by atoms with Crippen LogP contribution in [-0.4, -0.2) is 30.8 Å². The third kappa shape index (κ3) is 5.15. The Kier molecular flexibility index (Phi) is 7.19. The van der Waals surface area contributed by atoms with Crippen molar-refractivity contribution in [2.24, 2.45) is 5.92 Å². The Labute approximate surface area is 149 Å². The van der Waals surface area contributed by atoms with Gasteiger partial charge in [0, 0.05) is 0 Å². The number of nitrogens with zero attached hydrogens (tertiary/aromatic N) is 1. The smallest absolute Gasteiger partial charge is 0.333 e. The van der Waals surface area contributed by atoms with Gasteiger partial charge in [0.2, 0.25) is 5.91 Å². The molecule has 1 atom stereocenters. The fourth-order valence-electron chi connectivity index (χ4n) is 3.03. The highest BCUT2D eigenvalue weighted by Gasteiger charge is 2.47. The molecule has 1 amide bonds. The van der Waals surface area contributed by atoms with E-state index in [-0.39, 0.29) is 23.9 Å². The van der Waals surface area contributed by atoms with E-state index in [2.05, 4.69) is 11.4 Å². The molecular formula is C18H25N2O4P. The summed E-state index contributed by atoms with van der Waals surface area (Å²) >= 11 is 0. The average molecular weight is 364 g/mol. The summed E-state index contributed by atoms with van der Waals surface area (Å²) in [6.45, 7) is 4.22. The molecule has 1 aliphatic carbocycles. The molecule has 0 bridgehead atoms. The molecule has 0 aromatic heterocycles. The van der Waals surface area contributed by atoms with Crippen LogP contribution < -0.4 is 5.32 Å². The van der Waals surface area contributed by atoms with E-state index < -0.39 is 13.6 Å². The summed E-state index contributed by atoms with van der Waals surface area (Å²) < 4.78 is 23.4. The van der Waals surface area contributed by atoms with Gasteiger partial charge in [-0.05, 0) is 38.2 Å². The van der Waals surface area contributed by atoms with Crippen LogP contribution in [0.1, 0.15) is 32.3 Å². The molecule has 0 spiro atoms. The highest BCUT2D eigenvalue weighted by atomic mass is 31.2. The summed E-state index contributed by atoms with van der Waals surface area (Å²) in [5.74, 6) is -0.206. The van der Waals surface area contributed by atoms with Crippen molar-refractivity contribution in [3.05, 3.63) is 35.9 Å². The molecule has 136 valence electrons. The standard InChI is InChI=1S/C18H25N2O4P/c1-3-23-25(22,24-4-2)16-11-15(12-16)17(13-19)20-18(21)10-14-8-6-5-7-9-14/h5-9,15-17H,3-4,10-12H2,1-2H3,(H,20,21). The second-order valence-corrected chi connectivity index (χ2v) is 8.42. The first-order valence-electron chi connectivity index (χ1n) is 8.64. The van der Waals surface area contributed by atoms with Crippen molar-refractivity contribution < 1.29 is 18.4 Å². The number of rotatable bonds is 9. The van der Waals surface area contributed by atoms with Crippen molar-refractivity contribution in [3.8, 4) is 6.07 Å². The van der Waals surface area contributed by atoms with Gasteiger partial charge in [-0.3, -0.25) is 9.36 Å². The molecule has 0 aliphatic heterocycles. The van der Waals surface area contributed by atoms with Gasteiger partial charge in [0.05, 0.1) is 31.4 Å². The molecule has 2 rings (SSSR count). The zero-order valence-electron chi connectivity index (χ0n) is 14.7. The quantitative estimate of drug-likeness (QED) is 0.679. The predicted octanol–water partition coefficient (Wildman–Crippen LogP) is 3.28. The summed E-state index contributed by atoms with van der Waals surface area (Å²) in [5.41, 5.74) is 0.708. The van der Waals surface area contributed by atoms with Crippen molar-refractivity contribution in [2.45, 2.75) is 44.8 Å². The van der Waals surface area contributed by atoms with Gasteiger partial charge in [-0.2, -0.15) is 5.26 Å². The molecule has 6 nitrogen and oxygen atoms in total. The summed E-state index contributed by atoms with van der Waals surface area (Å²) in [4.78, 5) is 12.1. The van der Waals surface area contributed by atoms with E-state index in [4.69, 9.17) is 9.05 Å². The second-order valence-electron chi connectivity index (χ2n) is 6.10. The molecule has 1 N–H and O–H groups in total. The number of carbonyl (C=O) groups is 1. The van der Waals surface area contributed by atoms with Crippen LogP contribution in [0, 0.1) is 17.2 Å². The Balaban J connectivity index is 1.88. The van der Waals surface area contributed by atoms with Crippen LogP contribution in [0.25, 0.3) is 0 Å². The Morgan fingerprint density at radius 1 is 1.28 bits per heavy atom. The average Bonchev–Trinajstić information content (AvgIpc) is 2.53. The lowest BCUT2D eigenvalue weighted by Gasteiger charge is -2.40. The van der Waals surface area contributed by atoms with E-state index in [9.17, 15) is 14.6 Å². The first-order chi connectivity index (χ1) is 12.0. The molecule has 1 aromatic rings. The van der Waals surface area contributed by atoms with Crippen LogP contribution in [0.3, 0.4) is 0 Å². The van der Waals surface area contributed by atoms with Gasteiger partial charge in [0.15, 0.2) is 0 Å². The Bertz CT molecular complexity index is 643. The topological polar surface area (TPSA) is 88.4 Å². The van der Waals surface area contributed by atoms with Crippen molar-refractivity contribution in [3.63, 3.8) is 0 Å². The van der Waals surface area contributed by atoms with E-state index in [0.29, 0.717) is 26.1 Å². The van der Waals surface area contributed by atoms with E-state index in [1.807, 2.05) is 30.3 Å². The SMILES string of the molecule is CCOP(=O)(OCC)C1CC(C(C#N)NC(=O)Cc2ccccc2)C1. The van der Waals surface area contributed by atoms with Crippen molar-refractivity contribution in [1.82, 2.24) is 5.32 Å². The maximum absolute atomic E-state index is 12.7. The van der Waals surface area contributed by atoms with Crippen LogP contribution in [0.15, 0.2) is 30.3 Å². The van der Waals surface area contributed by atoms with Gasteiger partial charge in [0.25, 0.3) is 0 Å². The summed E-state index contributed by atoms with van der Waals surface area (Å²) in [7, 11) is -3.12. The van der Waals surface area contributed by atoms with Crippen LogP contribution in [0.2, 0.25) is 0 Å². The van der Waals surface area contributed by atoms with Crippen LogP contribution in [-0.2, 0) is 24.8 Å². The molecule has 1 aromatic carbocycles. The Morgan fingerprint density at radius 2 is 1.88 bits per heavy atom. The lowest BCUT2D eigenvalue weighted by molar-refractivity contribution is -0.121. The number of nitriles is 1. The zero-order valence-corrected chi connectivity index (χ0v) is 15.6. The minimum absolute atomic E-state index is 0.0241. The molecule has 1 unspecified atom stereocenters. The molecular weight excluding hydrogens is 339 g/mol. The third-order valence-electron chi connectivity index (χ3n) is 4.35. The molecule has 25 heavy (non-hydrogen) atoms. The monoisotopic (exact) mass is 364 g/mol. The molecule has 0 heterocycles. The van der Waals surface area contributed by atoms with Crippen LogP contribution in [0.5, 0.6) is 0 Å². The molecule has 1 saturated carbocycles. The maximum atomic E-state index is 12.7. The van der Waals surface area contributed by atoms with Gasteiger partial charge in [-0.25, -0.2) is 0 Å². The van der Waals surface area contributed by atoms with Crippen LogP contribution >= 0.6 is 7.60 Å². The third-order valence-corrected chi connectivity index (χ3v) is 6.90. The van der Waals surface area contributed by atoms with Crippen molar-refractivity contribution in [1.29, 1.82) is 5.26 Å². The van der Waals surface area contributed by atoms with E-state index in [1.165, 1.54) is 0 Å². The molecule has 1 fully saturated rings. The largest absolute Gasteiger partial charge is 0.340 e. The highest BCUT2D eigenvalue weighted by Crippen LogP contribution is 2.61. The van der Waals surface area contributed by atoms with Gasteiger partial charge in [0.1, 0.15) is 6.04 Å². The summed E-state index contributed by atoms with van der Waals surface area (Å²) in [6, 6.07) is 11.0. The van der Waals surface area contributed by atoms with E-state index >= 15 is 0 Å². The van der Waals surface area contributed by atoms with Crippen molar-refractivity contribution >= 4 is 13.5 Å². The summed E-state index contributed by atoms with van der Waals surface area (Å²) in [6.07, 6.45) is 1.35. The van der Waals surface area contributed by atoms with E-state index in [0.717, 1.165) is 5.56 Å². The number of nitrogens with one attached hydrogen (secondary N) is 1. The lowest BCUT2D eigenvalue weighted by atomic mass is 9.79. The Hall–Kier alpha value is -1.67. The Morgan fingerprint density at radius 3 is 2.40 bits per heavy atom. The summed E-state index contributed by atoms with van der Waals surface area (Å²) in [5, 5.41) is 12.2. The number of hydrogen-bond donors (Lipinski definition) is 1. The van der Waals surface area contributed by atoms with Crippen LogP contribution in [0.4, 0.5) is 0 Å². The number of amides is 1. The minimum atomic E-state index is -3.12. The van der Waals surface area contributed by atoms with Gasteiger partial charge < -0.3 is 14.4 Å². The number of benzene rings is 1. The second kappa shape index (κ2) is 9.15. The highest BCUT2D eigenvalue weighted by molar-refractivity contribution is 7.54. The molecule has 7 heteroatoms. The minimum Gasteiger partial charge on any atom is -0.340 e. The lowest BCUT2D eigenvalue weighted by Crippen LogP contribution is -2.46. The fourth-order valence-corrected chi connectivity index (χ4v) is 5.30. The first kappa shape index (κ1) is 19.7. The van der Waals surface area contributed by atoms with Gasteiger partial charge in [-0.15, -0.1) is 0 Å². The first-order valence-corrected chi connectivity index (χ1v) is 10.2. The molecule has 0 radical (unpaired) electrons. The van der Waals surface area contributed by atoms with Gasteiger partial charge >= 0.3 is 7.60 Å².